The van der Waals surface area contributed by atoms with E-state index in [-0.39, 0.29) is 11.4 Å². The Morgan fingerprint density at radius 3 is 2.66 bits per heavy atom. The topological polar surface area (TPSA) is 34.1 Å². The maximum atomic E-state index is 12.2. The van der Waals surface area contributed by atoms with E-state index in [1.165, 1.54) is 17.3 Å². The van der Waals surface area contributed by atoms with Crippen LogP contribution in [0.1, 0.15) is 36.8 Å². The second-order valence-electron chi connectivity index (χ2n) is 7.83. The lowest BCUT2D eigenvalue weighted by molar-refractivity contribution is -0.129. The fourth-order valence-corrected chi connectivity index (χ4v) is 4.90. The van der Waals surface area contributed by atoms with E-state index in [0.29, 0.717) is 5.75 Å². The molecular formula is C22H25F3N2OS. The Balaban J connectivity index is 1.38. The van der Waals surface area contributed by atoms with Crippen LogP contribution in [0.5, 0.6) is 5.75 Å². The quantitative estimate of drug-likeness (QED) is 0.656. The van der Waals surface area contributed by atoms with Crippen molar-refractivity contribution in [1.82, 2.24) is 10.3 Å². The fourth-order valence-electron chi connectivity index (χ4n) is 3.97. The van der Waals surface area contributed by atoms with E-state index in [4.69, 9.17) is 4.74 Å². The first-order valence-corrected chi connectivity index (χ1v) is 11.2. The molecule has 1 spiro atoms. The zero-order valence-corrected chi connectivity index (χ0v) is 17.0. The highest BCUT2D eigenvalue weighted by Crippen LogP contribution is 2.39. The minimum Gasteiger partial charge on any atom is -0.487 e. The SMILES string of the molecule is FC(F)(F)CCSCc1ccc(-c2ccc3c(c2)CCC2(CCNCC2)O3)nc1. The largest absolute Gasteiger partial charge is 0.487 e. The number of alkyl halides is 3. The van der Waals surface area contributed by atoms with Crippen molar-refractivity contribution < 1.29 is 17.9 Å². The van der Waals surface area contributed by atoms with Crippen LogP contribution in [-0.2, 0) is 12.2 Å². The first kappa shape index (κ1) is 20.5. The number of nitrogens with zero attached hydrogens (tertiary/aromatic N) is 1. The van der Waals surface area contributed by atoms with Gasteiger partial charge in [-0.15, -0.1) is 0 Å². The van der Waals surface area contributed by atoms with Crippen LogP contribution in [0.25, 0.3) is 11.3 Å². The van der Waals surface area contributed by atoms with Crippen LogP contribution in [-0.4, -0.2) is 35.6 Å². The molecule has 29 heavy (non-hydrogen) atoms. The van der Waals surface area contributed by atoms with Crippen molar-refractivity contribution in [2.45, 2.75) is 49.6 Å². The van der Waals surface area contributed by atoms with Gasteiger partial charge in [0.25, 0.3) is 0 Å². The van der Waals surface area contributed by atoms with E-state index in [1.807, 2.05) is 18.2 Å². The number of thioether (sulfide) groups is 1. The van der Waals surface area contributed by atoms with Gasteiger partial charge in [-0.2, -0.15) is 24.9 Å². The molecule has 156 valence electrons. The molecule has 0 amide bonds. The third-order valence-corrected chi connectivity index (χ3v) is 6.70. The molecule has 2 aromatic rings. The number of halogens is 3. The standard InChI is InChI=1S/C22H25F3N2OS/c23-22(24,25)9-12-29-15-16-1-3-19(27-14-16)17-2-4-20-18(13-17)5-6-21(28-20)7-10-26-11-8-21/h1-4,13-14,26H,5-12,15H2. The van der Waals surface area contributed by atoms with E-state index >= 15 is 0 Å². The molecule has 2 aliphatic rings. The normalized spacial score (nSPS) is 18.3. The van der Waals surface area contributed by atoms with Crippen molar-refractivity contribution in [3.63, 3.8) is 0 Å². The summed E-state index contributed by atoms with van der Waals surface area (Å²) in [5, 5.41) is 3.40. The van der Waals surface area contributed by atoms with E-state index in [1.54, 1.807) is 6.20 Å². The zero-order valence-electron chi connectivity index (χ0n) is 16.2. The molecule has 4 rings (SSSR count). The lowest BCUT2D eigenvalue weighted by atomic mass is 9.83. The molecule has 1 N–H and O–H groups in total. The third-order valence-electron chi connectivity index (χ3n) is 5.67. The van der Waals surface area contributed by atoms with Crippen LogP contribution in [0, 0.1) is 0 Å². The summed E-state index contributed by atoms with van der Waals surface area (Å²) in [5.74, 6) is 1.60. The molecule has 0 saturated carbocycles. The number of ether oxygens (including phenoxy) is 1. The lowest BCUT2D eigenvalue weighted by Crippen LogP contribution is -2.48. The molecule has 2 aliphatic heterocycles. The predicted octanol–water partition coefficient (Wildman–Crippen LogP) is 5.38. The Hall–Kier alpha value is -1.73. The molecule has 1 fully saturated rings. The van der Waals surface area contributed by atoms with E-state index in [0.717, 1.165) is 61.3 Å². The van der Waals surface area contributed by atoms with Crippen LogP contribution >= 0.6 is 11.8 Å². The molecule has 3 heterocycles. The number of aryl methyl sites for hydroxylation is 1. The molecular weight excluding hydrogens is 397 g/mol. The van der Waals surface area contributed by atoms with Crippen molar-refractivity contribution in [3.05, 3.63) is 47.7 Å². The zero-order chi connectivity index (χ0) is 20.3. The van der Waals surface area contributed by atoms with Crippen molar-refractivity contribution >= 4 is 11.8 Å². The van der Waals surface area contributed by atoms with Gasteiger partial charge in [0, 0.05) is 23.3 Å². The second kappa shape index (κ2) is 8.56. The number of fused-ring (bicyclic) bond motifs is 1. The molecule has 3 nitrogen and oxygen atoms in total. The van der Waals surface area contributed by atoms with Gasteiger partial charge in [0.05, 0.1) is 12.1 Å². The molecule has 0 radical (unpaired) electrons. The van der Waals surface area contributed by atoms with Gasteiger partial charge in [-0.25, -0.2) is 0 Å². The van der Waals surface area contributed by atoms with Crippen LogP contribution in [0.2, 0.25) is 0 Å². The molecule has 0 bridgehead atoms. The molecule has 0 atom stereocenters. The van der Waals surface area contributed by atoms with Gasteiger partial charge in [-0.1, -0.05) is 6.07 Å². The van der Waals surface area contributed by atoms with E-state index in [9.17, 15) is 13.2 Å². The number of piperidine rings is 1. The van der Waals surface area contributed by atoms with Gasteiger partial charge in [-0.05, 0) is 74.2 Å². The first-order valence-electron chi connectivity index (χ1n) is 10.1. The average molecular weight is 423 g/mol. The summed E-state index contributed by atoms with van der Waals surface area (Å²) < 4.78 is 43.0. The molecule has 1 aromatic heterocycles. The van der Waals surface area contributed by atoms with Crippen LogP contribution in [0.4, 0.5) is 13.2 Å². The minimum atomic E-state index is -4.08. The number of rotatable bonds is 5. The summed E-state index contributed by atoms with van der Waals surface area (Å²) in [6, 6.07) is 10.1. The monoisotopic (exact) mass is 422 g/mol. The summed E-state index contributed by atoms with van der Waals surface area (Å²) in [7, 11) is 0. The van der Waals surface area contributed by atoms with Crippen LogP contribution < -0.4 is 10.1 Å². The number of hydrogen-bond donors (Lipinski definition) is 1. The van der Waals surface area contributed by atoms with E-state index in [2.05, 4.69) is 22.4 Å². The summed E-state index contributed by atoms with van der Waals surface area (Å²) in [4.78, 5) is 4.52. The maximum absolute atomic E-state index is 12.2. The van der Waals surface area contributed by atoms with Crippen molar-refractivity contribution in [3.8, 4) is 17.0 Å². The minimum absolute atomic E-state index is 0.0105. The van der Waals surface area contributed by atoms with Crippen molar-refractivity contribution in [2.75, 3.05) is 18.8 Å². The molecule has 7 heteroatoms. The van der Waals surface area contributed by atoms with Crippen molar-refractivity contribution in [1.29, 1.82) is 0 Å². The number of benzene rings is 1. The lowest BCUT2D eigenvalue weighted by Gasteiger charge is -2.41. The highest BCUT2D eigenvalue weighted by atomic mass is 32.2. The van der Waals surface area contributed by atoms with Gasteiger partial charge in [0.15, 0.2) is 0 Å². The van der Waals surface area contributed by atoms with Gasteiger partial charge >= 0.3 is 6.18 Å². The van der Waals surface area contributed by atoms with Gasteiger partial charge < -0.3 is 10.1 Å². The predicted molar refractivity (Wildman–Crippen MR) is 110 cm³/mol. The number of nitrogens with one attached hydrogen (secondary N) is 1. The molecule has 0 unspecified atom stereocenters. The number of aromatic nitrogens is 1. The Labute approximate surface area is 173 Å². The smallest absolute Gasteiger partial charge is 0.389 e. The van der Waals surface area contributed by atoms with Crippen molar-refractivity contribution in [2.24, 2.45) is 0 Å². The fraction of sp³-hybridized carbons (Fsp3) is 0.500. The van der Waals surface area contributed by atoms with E-state index < -0.39 is 12.6 Å². The highest BCUT2D eigenvalue weighted by Gasteiger charge is 2.37. The third kappa shape index (κ3) is 5.25. The summed E-state index contributed by atoms with van der Waals surface area (Å²) in [6.45, 7) is 2.02. The summed E-state index contributed by atoms with van der Waals surface area (Å²) in [6.07, 6.45) is 1.09. The second-order valence-corrected chi connectivity index (χ2v) is 8.93. The Bertz CT molecular complexity index is 833. The van der Waals surface area contributed by atoms with Gasteiger partial charge in [-0.3, -0.25) is 4.98 Å². The van der Waals surface area contributed by atoms with Crippen LogP contribution in [0.15, 0.2) is 36.5 Å². The number of hydrogen-bond acceptors (Lipinski definition) is 4. The Kier molecular flexibility index (Phi) is 6.06. The Morgan fingerprint density at radius 2 is 1.93 bits per heavy atom. The Morgan fingerprint density at radius 1 is 1.10 bits per heavy atom. The maximum Gasteiger partial charge on any atom is 0.389 e. The molecule has 1 aromatic carbocycles. The van der Waals surface area contributed by atoms with Gasteiger partial charge in [0.1, 0.15) is 11.4 Å². The average Bonchev–Trinajstić information content (AvgIpc) is 2.71. The first-order chi connectivity index (χ1) is 13.9. The summed E-state index contributed by atoms with van der Waals surface area (Å²) in [5.41, 5.74) is 4.07. The molecule has 0 aliphatic carbocycles. The number of pyridine rings is 1. The molecule has 1 saturated heterocycles. The summed E-state index contributed by atoms with van der Waals surface area (Å²) >= 11 is 1.28. The van der Waals surface area contributed by atoms with Crippen LogP contribution in [0.3, 0.4) is 0 Å². The van der Waals surface area contributed by atoms with Gasteiger partial charge in [0.2, 0.25) is 0 Å². The highest BCUT2D eigenvalue weighted by molar-refractivity contribution is 7.98.